The predicted octanol–water partition coefficient (Wildman–Crippen LogP) is 11.0. The van der Waals surface area contributed by atoms with Gasteiger partial charge in [-0.1, -0.05) is 75.0 Å². The summed E-state index contributed by atoms with van der Waals surface area (Å²) in [6.07, 6.45) is 1.32. The van der Waals surface area contributed by atoms with Gasteiger partial charge in [0.2, 0.25) is 0 Å². The van der Waals surface area contributed by atoms with E-state index >= 15 is 0 Å². The third kappa shape index (κ3) is 9.15. The number of unbranched alkanes of at least 4 members (excludes halogenated alkanes) is 1. The molecule has 0 fully saturated rings. The predicted molar refractivity (Wildman–Crippen MR) is 197 cm³/mol. The molecule has 0 aromatic heterocycles. The van der Waals surface area contributed by atoms with Crippen LogP contribution >= 0.6 is 0 Å². The van der Waals surface area contributed by atoms with Gasteiger partial charge in [0.15, 0.2) is 0 Å². The Kier molecular flexibility index (Phi) is 12.9. The summed E-state index contributed by atoms with van der Waals surface area (Å²) in [5, 5.41) is 0. The molecule has 0 radical (unpaired) electrons. The first-order valence-electron chi connectivity index (χ1n) is 16.6. The minimum atomic E-state index is -0.394. The topological polar surface area (TPSA) is 40.2 Å². The number of methoxy groups -OCH3 is 2. The molecule has 0 spiro atoms. The molecule has 0 heterocycles. The molecule has 0 aliphatic carbocycles. The lowest BCUT2D eigenvalue weighted by Crippen LogP contribution is -2.19. The first kappa shape index (κ1) is 35.5. The standard InChI is InChI=1S/C42H51NO4/c1-10-11-27-43(35-15-13-12-14-16-35)36-21-26-39(31(6)41(46-29(2)3)33-17-22-37(44-8)23-18-33)40(28-36)32(7)42(47-30(4)5)34-19-24-38(45-9)25-20-34/h12-26,28-30,41-42H,6-7,10-11,27H2,1-5,8-9H3. The maximum absolute atomic E-state index is 6.62. The van der Waals surface area contributed by atoms with Crippen LogP contribution in [0.2, 0.25) is 0 Å². The molecule has 4 aromatic carbocycles. The zero-order chi connectivity index (χ0) is 33.9. The van der Waals surface area contributed by atoms with Crippen molar-refractivity contribution in [3.8, 4) is 11.5 Å². The van der Waals surface area contributed by atoms with Crippen LogP contribution in [0.15, 0.2) is 110 Å². The Bertz CT molecular complexity index is 1580. The van der Waals surface area contributed by atoms with E-state index in [1.807, 2.05) is 50.2 Å². The van der Waals surface area contributed by atoms with Crippen LogP contribution in [-0.4, -0.2) is 33.0 Å². The van der Waals surface area contributed by atoms with Crippen LogP contribution in [-0.2, 0) is 9.47 Å². The van der Waals surface area contributed by atoms with Crippen molar-refractivity contribution in [1.82, 2.24) is 0 Å². The third-order valence-corrected chi connectivity index (χ3v) is 8.10. The van der Waals surface area contributed by atoms with Crippen molar-refractivity contribution in [2.24, 2.45) is 0 Å². The smallest absolute Gasteiger partial charge is 0.118 e. The fourth-order valence-electron chi connectivity index (χ4n) is 5.69. The highest BCUT2D eigenvalue weighted by atomic mass is 16.5. The van der Waals surface area contributed by atoms with Crippen LogP contribution in [0.25, 0.3) is 11.1 Å². The SMILES string of the molecule is C=C(c1ccc(N(CCCC)c2ccccc2)cc1C(=C)C(OC(C)C)c1ccc(OC)cc1)C(OC(C)C)c1ccc(OC)cc1. The van der Waals surface area contributed by atoms with Gasteiger partial charge in [-0.2, -0.15) is 0 Å². The lowest BCUT2D eigenvalue weighted by Gasteiger charge is -2.30. The van der Waals surface area contributed by atoms with Crippen LogP contribution in [0.4, 0.5) is 11.4 Å². The Balaban J connectivity index is 1.90. The van der Waals surface area contributed by atoms with Gasteiger partial charge in [0.25, 0.3) is 0 Å². The average molecular weight is 634 g/mol. The molecule has 2 unspecified atom stereocenters. The van der Waals surface area contributed by atoms with Gasteiger partial charge in [-0.3, -0.25) is 0 Å². The molecule has 0 bridgehead atoms. The van der Waals surface area contributed by atoms with E-state index in [1.54, 1.807) is 14.2 Å². The van der Waals surface area contributed by atoms with Crippen molar-refractivity contribution < 1.29 is 18.9 Å². The van der Waals surface area contributed by atoms with Crippen molar-refractivity contribution >= 4 is 22.5 Å². The van der Waals surface area contributed by atoms with Crippen molar-refractivity contribution in [2.45, 2.75) is 71.9 Å². The molecule has 47 heavy (non-hydrogen) atoms. The van der Waals surface area contributed by atoms with Gasteiger partial charge >= 0.3 is 0 Å². The van der Waals surface area contributed by atoms with Crippen LogP contribution in [0, 0.1) is 0 Å². The molecule has 0 amide bonds. The fourth-order valence-corrected chi connectivity index (χ4v) is 5.69. The third-order valence-electron chi connectivity index (χ3n) is 8.10. The molecule has 0 saturated carbocycles. The van der Waals surface area contributed by atoms with Gasteiger partial charge < -0.3 is 23.8 Å². The van der Waals surface area contributed by atoms with Crippen molar-refractivity contribution in [1.29, 1.82) is 0 Å². The van der Waals surface area contributed by atoms with Gasteiger partial charge in [-0.15, -0.1) is 0 Å². The van der Waals surface area contributed by atoms with Gasteiger partial charge in [0.05, 0.1) is 26.4 Å². The van der Waals surface area contributed by atoms with Gasteiger partial charge in [0.1, 0.15) is 23.7 Å². The Morgan fingerprint density at radius 1 is 0.617 bits per heavy atom. The number of ether oxygens (including phenoxy) is 4. The molecule has 0 aliphatic rings. The quantitative estimate of drug-likeness (QED) is 0.116. The molecule has 0 aliphatic heterocycles. The van der Waals surface area contributed by atoms with Crippen molar-refractivity contribution in [3.63, 3.8) is 0 Å². The van der Waals surface area contributed by atoms with E-state index in [1.165, 1.54) is 0 Å². The van der Waals surface area contributed by atoms with Crippen LogP contribution in [0.1, 0.15) is 81.9 Å². The molecule has 0 saturated heterocycles. The fraction of sp³-hybridized carbons (Fsp3) is 0.333. The molecule has 0 N–H and O–H groups in total. The van der Waals surface area contributed by atoms with Crippen LogP contribution < -0.4 is 14.4 Å². The Hall–Kier alpha value is -4.32. The highest BCUT2D eigenvalue weighted by molar-refractivity contribution is 5.85. The molecule has 248 valence electrons. The van der Waals surface area contributed by atoms with Crippen LogP contribution in [0.3, 0.4) is 0 Å². The zero-order valence-corrected chi connectivity index (χ0v) is 29.2. The van der Waals surface area contributed by atoms with Crippen molar-refractivity contribution in [3.05, 3.63) is 132 Å². The summed E-state index contributed by atoms with van der Waals surface area (Å²) in [6.45, 7) is 20.7. The number of hydrogen-bond donors (Lipinski definition) is 0. The summed E-state index contributed by atoms with van der Waals surface area (Å²) >= 11 is 0. The normalized spacial score (nSPS) is 12.5. The van der Waals surface area contributed by atoms with Gasteiger partial charge in [0, 0.05) is 17.9 Å². The average Bonchev–Trinajstić information content (AvgIpc) is 3.09. The number of rotatable bonds is 17. The van der Waals surface area contributed by atoms with E-state index in [0.29, 0.717) is 0 Å². The molecule has 4 rings (SSSR count). The summed E-state index contributed by atoms with van der Waals surface area (Å²) in [7, 11) is 3.35. The Morgan fingerprint density at radius 2 is 1.11 bits per heavy atom. The molecule has 2 atom stereocenters. The maximum atomic E-state index is 6.62. The molecule has 5 nitrogen and oxygen atoms in total. The van der Waals surface area contributed by atoms with E-state index in [0.717, 1.165) is 75.7 Å². The highest BCUT2D eigenvalue weighted by Gasteiger charge is 2.27. The first-order chi connectivity index (χ1) is 22.7. The van der Waals surface area contributed by atoms with E-state index in [2.05, 4.69) is 92.9 Å². The van der Waals surface area contributed by atoms with Gasteiger partial charge in [-0.05, 0) is 116 Å². The summed E-state index contributed by atoms with van der Waals surface area (Å²) in [5.41, 5.74) is 7.88. The minimum absolute atomic E-state index is 0.0243. The van der Waals surface area contributed by atoms with E-state index in [-0.39, 0.29) is 18.3 Å². The monoisotopic (exact) mass is 633 g/mol. The second-order valence-corrected chi connectivity index (χ2v) is 12.3. The summed E-state index contributed by atoms with van der Waals surface area (Å²) in [5.74, 6) is 1.59. The summed E-state index contributed by atoms with van der Waals surface area (Å²) < 4.78 is 24.1. The van der Waals surface area contributed by atoms with Gasteiger partial charge in [-0.25, -0.2) is 0 Å². The highest BCUT2D eigenvalue weighted by Crippen LogP contribution is 2.43. The molecular formula is C42H51NO4. The first-order valence-corrected chi connectivity index (χ1v) is 16.6. The molecule has 5 heteroatoms. The number of benzene rings is 4. The lowest BCUT2D eigenvalue weighted by molar-refractivity contribution is 0.0396. The van der Waals surface area contributed by atoms with E-state index in [4.69, 9.17) is 25.5 Å². The number of anilines is 2. The maximum Gasteiger partial charge on any atom is 0.118 e. The van der Waals surface area contributed by atoms with Crippen LogP contribution in [0.5, 0.6) is 11.5 Å². The van der Waals surface area contributed by atoms with Crippen molar-refractivity contribution in [2.75, 3.05) is 25.7 Å². The Labute approximate surface area is 282 Å². The number of hydrogen-bond acceptors (Lipinski definition) is 5. The number of nitrogens with zero attached hydrogens (tertiary/aromatic N) is 1. The molecular weight excluding hydrogens is 582 g/mol. The molecule has 4 aromatic rings. The minimum Gasteiger partial charge on any atom is -0.497 e. The lowest BCUT2D eigenvalue weighted by atomic mass is 9.86. The summed E-state index contributed by atoms with van der Waals surface area (Å²) in [6, 6.07) is 33.2. The van der Waals surface area contributed by atoms with E-state index in [9.17, 15) is 0 Å². The zero-order valence-electron chi connectivity index (χ0n) is 29.2. The summed E-state index contributed by atoms with van der Waals surface area (Å²) in [4.78, 5) is 2.38. The second-order valence-electron chi connectivity index (χ2n) is 12.3. The largest absolute Gasteiger partial charge is 0.497 e. The Morgan fingerprint density at radius 3 is 1.55 bits per heavy atom. The van der Waals surface area contributed by atoms with E-state index < -0.39 is 6.10 Å². The second kappa shape index (κ2) is 17.0. The number of para-hydroxylation sites is 1.